The number of hydrogen-bond donors (Lipinski definition) is 1. The SMILES string of the molecule is CC(=O)Nc1ccc(CCN2CCN(C(=O)c3ccc(F)c(F)c3)CC2)cc1. The molecule has 0 atom stereocenters. The maximum atomic E-state index is 13.3. The minimum Gasteiger partial charge on any atom is -0.336 e. The standard InChI is InChI=1S/C21H23F2N3O2/c1-15(27)24-18-5-2-16(3-6-18)8-9-25-10-12-26(13-11-25)21(28)17-4-7-19(22)20(23)14-17/h2-7,14H,8-13H2,1H3,(H,24,27). The molecule has 0 radical (unpaired) electrons. The van der Waals surface area contributed by atoms with Gasteiger partial charge in [-0.25, -0.2) is 8.78 Å². The quantitative estimate of drug-likeness (QED) is 0.858. The highest BCUT2D eigenvalue weighted by Gasteiger charge is 2.22. The van der Waals surface area contributed by atoms with E-state index in [1.54, 1.807) is 4.90 Å². The summed E-state index contributed by atoms with van der Waals surface area (Å²) in [6.45, 7) is 4.93. The maximum absolute atomic E-state index is 13.3. The van der Waals surface area contributed by atoms with E-state index in [1.807, 2.05) is 24.3 Å². The average molecular weight is 387 g/mol. The fraction of sp³-hybridized carbons (Fsp3) is 0.333. The number of nitrogens with one attached hydrogen (secondary N) is 1. The van der Waals surface area contributed by atoms with E-state index < -0.39 is 11.6 Å². The Kier molecular flexibility index (Phi) is 6.36. The third kappa shape index (κ3) is 5.13. The van der Waals surface area contributed by atoms with Crippen molar-refractivity contribution >= 4 is 17.5 Å². The van der Waals surface area contributed by atoms with Crippen LogP contribution < -0.4 is 5.32 Å². The molecular weight excluding hydrogens is 364 g/mol. The van der Waals surface area contributed by atoms with Crippen molar-refractivity contribution in [1.82, 2.24) is 9.80 Å². The van der Waals surface area contributed by atoms with Crippen LogP contribution in [-0.4, -0.2) is 54.3 Å². The van der Waals surface area contributed by atoms with E-state index in [4.69, 9.17) is 0 Å². The Balaban J connectivity index is 1.46. The molecule has 28 heavy (non-hydrogen) atoms. The van der Waals surface area contributed by atoms with Crippen LogP contribution in [0.3, 0.4) is 0 Å². The van der Waals surface area contributed by atoms with Crippen LogP contribution in [0.1, 0.15) is 22.8 Å². The van der Waals surface area contributed by atoms with E-state index in [-0.39, 0.29) is 17.4 Å². The third-order valence-corrected chi connectivity index (χ3v) is 4.82. The first kappa shape index (κ1) is 19.9. The zero-order chi connectivity index (χ0) is 20.1. The molecule has 1 fully saturated rings. The monoisotopic (exact) mass is 387 g/mol. The van der Waals surface area contributed by atoms with Gasteiger partial charge in [-0.2, -0.15) is 0 Å². The number of hydrogen-bond acceptors (Lipinski definition) is 3. The molecule has 1 heterocycles. The lowest BCUT2D eigenvalue weighted by Crippen LogP contribution is -2.49. The summed E-state index contributed by atoms with van der Waals surface area (Å²) in [6.07, 6.45) is 0.872. The van der Waals surface area contributed by atoms with Gasteiger partial charge in [-0.1, -0.05) is 12.1 Å². The average Bonchev–Trinajstić information content (AvgIpc) is 2.69. The van der Waals surface area contributed by atoms with Gasteiger partial charge in [-0.15, -0.1) is 0 Å². The van der Waals surface area contributed by atoms with Crippen LogP contribution in [0.4, 0.5) is 14.5 Å². The maximum Gasteiger partial charge on any atom is 0.254 e. The Hall–Kier alpha value is -2.80. The molecule has 0 spiro atoms. The van der Waals surface area contributed by atoms with Gasteiger partial charge in [0, 0.05) is 50.9 Å². The number of rotatable bonds is 5. The summed E-state index contributed by atoms with van der Waals surface area (Å²) in [5.41, 5.74) is 2.13. The molecule has 0 bridgehead atoms. The van der Waals surface area contributed by atoms with Crippen LogP contribution in [0.15, 0.2) is 42.5 Å². The van der Waals surface area contributed by atoms with Gasteiger partial charge >= 0.3 is 0 Å². The summed E-state index contributed by atoms with van der Waals surface area (Å²) in [4.78, 5) is 27.4. The molecule has 1 saturated heterocycles. The third-order valence-electron chi connectivity index (χ3n) is 4.82. The zero-order valence-electron chi connectivity index (χ0n) is 15.8. The van der Waals surface area contributed by atoms with Crippen molar-refractivity contribution in [2.24, 2.45) is 0 Å². The van der Waals surface area contributed by atoms with E-state index in [1.165, 1.54) is 18.6 Å². The van der Waals surface area contributed by atoms with Gasteiger partial charge < -0.3 is 10.2 Å². The van der Waals surface area contributed by atoms with Crippen LogP contribution in [0.5, 0.6) is 0 Å². The molecule has 1 aliphatic heterocycles. The van der Waals surface area contributed by atoms with Gasteiger partial charge in [0.15, 0.2) is 11.6 Å². The number of anilines is 1. The molecule has 148 valence electrons. The Bertz CT molecular complexity index is 847. The van der Waals surface area contributed by atoms with Gasteiger partial charge in [0.25, 0.3) is 5.91 Å². The van der Waals surface area contributed by atoms with Crippen molar-refractivity contribution in [1.29, 1.82) is 0 Å². The summed E-state index contributed by atoms with van der Waals surface area (Å²) >= 11 is 0. The van der Waals surface area contributed by atoms with Gasteiger partial charge in [0.1, 0.15) is 0 Å². The van der Waals surface area contributed by atoms with E-state index in [0.717, 1.165) is 43.9 Å². The summed E-state index contributed by atoms with van der Waals surface area (Å²) < 4.78 is 26.4. The highest BCUT2D eigenvalue weighted by atomic mass is 19.2. The second kappa shape index (κ2) is 8.93. The molecule has 0 saturated carbocycles. The largest absolute Gasteiger partial charge is 0.336 e. The Morgan fingerprint density at radius 3 is 2.25 bits per heavy atom. The topological polar surface area (TPSA) is 52.7 Å². The smallest absolute Gasteiger partial charge is 0.254 e. The second-order valence-electron chi connectivity index (χ2n) is 6.89. The van der Waals surface area contributed by atoms with Crippen LogP contribution in [0, 0.1) is 11.6 Å². The van der Waals surface area contributed by atoms with Crippen LogP contribution in [0.2, 0.25) is 0 Å². The summed E-state index contributed by atoms with van der Waals surface area (Å²) in [5.74, 6) is -2.32. The van der Waals surface area contributed by atoms with Gasteiger partial charge in [0.05, 0.1) is 0 Å². The molecule has 2 aromatic rings. The molecular formula is C21H23F2N3O2. The molecule has 0 aromatic heterocycles. The van der Waals surface area contributed by atoms with Gasteiger partial charge in [-0.05, 0) is 42.3 Å². The Morgan fingerprint density at radius 2 is 1.64 bits per heavy atom. The van der Waals surface area contributed by atoms with Crippen LogP contribution in [-0.2, 0) is 11.2 Å². The molecule has 1 N–H and O–H groups in total. The number of carbonyl (C=O) groups is 2. The first-order chi connectivity index (χ1) is 13.4. The van der Waals surface area contributed by atoms with E-state index in [0.29, 0.717) is 13.1 Å². The first-order valence-corrected chi connectivity index (χ1v) is 9.25. The minimum atomic E-state index is -1.01. The first-order valence-electron chi connectivity index (χ1n) is 9.25. The van der Waals surface area contributed by atoms with Crippen LogP contribution >= 0.6 is 0 Å². The summed E-state index contributed by atoms with van der Waals surface area (Å²) in [5, 5.41) is 2.74. The zero-order valence-corrected chi connectivity index (χ0v) is 15.8. The van der Waals surface area contributed by atoms with Gasteiger partial charge in [-0.3, -0.25) is 14.5 Å². The fourth-order valence-electron chi connectivity index (χ4n) is 3.23. The van der Waals surface area contributed by atoms with Crippen LogP contribution in [0.25, 0.3) is 0 Å². The predicted molar refractivity (Wildman–Crippen MR) is 103 cm³/mol. The molecule has 3 rings (SSSR count). The number of nitrogens with zero attached hydrogens (tertiary/aromatic N) is 2. The summed E-state index contributed by atoms with van der Waals surface area (Å²) in [7, 11) is 0. The predicted octanol–water partition coefficient (Wildman–Crippen LogP) is 2.92. The molecule has 0 aliphatic carbocycles. The van der Waals surface area contributed by atoms with E-state index in [2.05, 4.69) is 10.2 Å². The van der Waals surface area contributed by atoms with Crippen molar-refractivity contribution in [3.63, 3.8) is 0 Å². The highest BCUT2D eigenvalue weighted by Crippen LogP contribution is 2.14. The Morgan fingerprint density at radius 1 is 0.964 bits per heavy atom. The normalized spacial score (nSPS) is 14.8. The number of halogens is 2. The minimum absolute atomic E-state index is 0.0939. The molecule has 7 heteroatoms. The van der Waals surface area contributed by atoms with Crippen molar-refractivity contribution in [3.05, 3.63) is 65.2 Å². The van der Waals surface area contributed by atoms with E-state index >= 15 is 0 Å². The summed E-state index contributed by atoms with van der Waals surface area (Å²) in [6, 6.07) is 11.0. The van der Waals surface area contributed by atoms with E-state index in [9.17, 15) is 18.4 Å². The second-order valence-corrected chi connectivity index (χ2v) is 6.89. The van der Waals surface area contributed by atoms with Crippen molar-refractivity contribution in [2.75, 3.05) is 38.0 Å². The van der Waals surface area contributed by atoms with Crippen molar-refractivity contribution in [2.45, 2.75) is 13.3 Å². The lowest BCUT2D eigenvalue weighted by Gasteiger charge is -2.34. The lowest BCUT2D eigenvalue weighted by atomic mass is 10.1. The number of amides is 2. The highest BCUT2D eigenvalue weighted by molar-refractivity contribution is 5.94. The molecule has 5 nitrogen and oxygen atoms in total. The molecule has 2 aromatic carbocycles. The Labute approximate surface area is 162 Å². The number of carbonyl (C=O) groups excluding carboxylic acids is 2. The molecule has 0 unspecified atom stereocenters. The van der Waals surface area contributed by atoms with Gasteiger partial charge in [0.2, 0.25) is 5.91 Å². The lowest BCUT2D eigenvalue weighted by molar-refractivity contribution is -0.114. The number of benzene rings is 2. The van der Waals surface area contributed by atoms with Crippen molar-refractivity contribution in [3.8, 4) is 0 Å². The fourth-order valence-corrected chi connectivity index (χ4v) is 3.23. The number of piperazine rings is 1. The van der Waals surface area contributed by atoms with Crippen molar-refractivity contribution < 1.29 is 18.4 Å². The molecule has 2 amide bonds. The molecule has 1 aliphatic rings.